The molecule has 1 amide bonds. The number of anilines is 1. The zero-order valence-corrected chi connectivity index (χ0v) is 16.2. The summed E-state index contributed by atoms with van der Waals surface area (Å²) in [6.07, 6.45) is -0.282. The second kappa shape index (κ2) is 6.70. The molecule has 0 unspecified atom stereocenters. The van der Waals surface area contributed by atoms with Crippen LogP contribution in [0.1, 0.15) is 46.7 Å². The van der Waals surface area contributed by atoms with E-state index in [9.17, 15) is 4.79 Å². The van der Waals surface area contributed by atoms with Crippen molar-refractivity contribution in [2.45, 2.75) is 25.9 Å². The highest BCUT2D eigenvalue weighted by atomic mass is 32.1. The van der Waals surface area contributed by atoms with Gasteiger partial charge in [-0.15, -0.1) is 0 Å². The Morgan fingerprint density at radius 2 is 1.73 bits per heavy atom. The summed E-state index contributed by atoms with van der Waals surface area (Å²) >= 11 is 6.84. The summed E-state index contributed by atoms with van der Waals surface area (Å²) in [5.74, 6) is 1.14. The molecule has 6 heteroatoms. The number of rotatable bonds is 3. The van der Waals surface area contributed by atoms with Crippen LogP contribution in [-0.2, 0) is 0 Å². The van der Waals surface area contributed by atoms with E-state index in [1.54, 1.807) is 0 Å². The molecule has 2 heterocycles. The van der Waals surface area contributed by atoms with Gasteiger partial charge in [0, 0.05) is 5.69 Å². The van der Waals surface area contributed by atoms with E-state index < -0.39 is 0 Å². The molecule has 0 fully saturated rings. The number of hydrogen-bond acceptors (Lipinski definition) is 4. The molecule has 0 bridgehead atoms. The average Bonchev–Trinajstić information content (AvgIpc) is 2.99. The first-order valence-corrected chi connectivity index (χ1v) is 9.75. The molecule has 0 radical (unpaired) electrons. The topological polar surface area (TPSA) is 46.1 Å². The molecule has 0 aliphatic carbocycles. The summed E-state index contributed by atoms with van der Waals surface area (Å²) in [5.41, 5.74) is 3.25. The van der Waals surface area contributed by atoms with Gasteiger partial charge in [-0.1, -0.05) is 67.6 Å². The molecule has 2 aromatic carbocycles. The van der Waals surface area contributed by atoms with Gasteiger partial charge in [0.2, 0.25) is 0 Å². The van der Waals surface area contributed by atoms with Gasteiger partial charge in [-0.05, 0) is 41.4 Å². The molecular formula is C20H19N3OS2. The van der Waals surface area contributed by atoms with Gasteiger partial charge in [0.25, 0.3) is 5.91 Å². The third kappa shape index (κ3) is 2.95. The van der Waals surface area contributed by atoms with E-state index in [-0.39, 0.29) is 12.1 Å². The summed E-state index contributed by atoms with van der Waals surface area (Å²) in [5, 5.41) is 6.49. The van der Waals surface area contributed by atoms with Crippen LogP contribution in [0.2, 0.25) is 0 Å². The minimum Gasteiger partial charge on any atom is -0.346 e. The molecule has 4 rings (SSSR count). The quantitative estimate of drug-likeness (QED) is 0.610. The van der Waals surface area contributed by atoms with E-state index in [0.29, 0.717) is 14.7 Å². The Morgan fingerprint density at radius 1 is 1.04 bits per heavy atom. The molecule has 3 aromatic rings. The van der Waals surface area contributed by atoms with Crippen molar-refractivity contribution in [1.82, 2.24) is 9.88 Å². The molecule has 0 spiro atoms. The maximum Gasteiger partial charge on any atom is 0.267 e. The largest absolute Gasteiger partial charge is 0.346 e. The van der Waals surface area contributed by atoms with Gasteiger partial charge in [0.1, 0.15) is 16.9 Å². The highest BCUT2D eigenvalue weighted by Gasteiger charge is 2.29. The van der Waals surface area contributed by atoms with Gasteiger partial charge in [-0.3, -0.25) is 9.36 Å². The van der Waals surface area contributed by atoms with Crippen molar-refractivity contribution in [2.75, 3.05) is 5.32 Å². The van der Waals surface area contributed by atoms with Crippen LogP contribution in [0.4, 0.5) is 5.82 Å². The number of amides is 1. The summed E-state index contributed by atoms with van der Waals surface area (Å²) in [4.78, 5) is 13.3. The van der Waals surface area contributed by atoms with Crippen molar-refractivity contribution in [2.24, 2.45) is 0 Å². The van der Waals surface area contributed by atoms with Gasteiger partial charge in [-0.25, -0.2) is 0 Å². The molecule has 132 valence electrons. The third-order valence-corrected chi connectivity index (χ3v) is 5.90. The predicted octanol–water partition coefficient (Wildman–Crippen LogP) is 5.25. The number of fused-ring (bicyclic) bond motifs is 1. The Balaban J connectivity index is 1.74. The number of para-hydroxylation sites is 1. The number of thiazole rings is 1. The predicted molar refractivity (Wildman–Crippen MR) is 109 cm³/mol. The van der Waals surface area contributed by atoms with E-state index in [2.05, 4.69) is 48.7 Å². The highest BCUT2D eigenvalue weighted by molar-refractivity contribution is 7.73. The fraction of sp³-hybridized carbons (Fsp3) is 0.200. The summed E-state index contributed by atoms with van der Waals surface area (Å²) in [6, 6.07) is 18.2. The normalized spacial score (nSPS) is 16.1. The van der Waals surface area contributed by atoms with Crippen LogP contribution < -0.4 is 10.6 Å². The lowest BCUT2D eigenvalue weighted by atomic mass is 10.0. The van der Waals surface area contributed by atoms with Crippen LogP contribution in [0, 0.1) is 3.95 Å². The smallest absolute Gasteiger partial charge is 0.267 e. The molecule has 4 nitrogen and oxygen atoms in total. The molecule has 1 aliphatic heterocycles. The zero-order valence-electron chi connectivity index (χ0n) is 14.5. The first-order chi connectivity index (χ1) is 12.5. The van der Waals surface area contributed by atoms with Gasteiger partial charge in [0.15, 0.2) is 3.95 Å². The summed E-state index contributed by atoms with van der Waals surface area (Å²) in [6.45, 7) is 4.34. The highest BCUT2D eigenvalue weighted by Crippen LogP contribution is 2.34. The average molecular weight is 382 g/mol. The Hall–Kier alpha value is -2.44. The van der Waals surface area contributed by atoms with E-state index in [0.717, 1.165) is 17.1 Å². The Kier molecular flexibility index (Phi) is 4.38. The summed E-state index contributed by atoms with van der Waals surface area (Å²) in [7, 11) is 0. The van der Waals surface area contributed by atoms with Crippen LogP contribution in [0.15, 0.2) is 54.6 Å². The van der Waals surface area contributed by atoms with Crippen LogP contribution in [-0.4, -0.2) is 10.5 Å². The van der Waals surface area contributed by atoms with Crippen molar-refractivity contribution in [3.63, 3.8) is 0 Å². The SMILES string of the molecule is CC(C)c1ccc([C@H]2NC(=O)c3sc(=S)n(-c4ccccc4)c3N2)cc1. The molecule has 0 saturated carbocycles. The summed E-state index contributed by atoms with van der Waals surface area (Å²) < 4.78 is 2.59. The lowest BCUT2D eigenvalue weighted by Gasteiger charge is -2.27. The van der Waals surface area contributed by atoms with Crippen LogP contribution in [0.25, 0.3) is 5.69 Å². The maximum absolute atomic E-state index is 12.6. The molecule has 1 aliphatic rings. The number of aromatic nitrogens is 1. The monoisotopic (exact) mass is 381 g/mol. The van der Waals surface area contributed by atoms with Gasteiger partial charge in [-0.2, -0.15) is 0 Å². The number of nitrogens with one attached hydrogen (secondary N) is 2. The third-order valence-electron chi connectivity index (χ3n) is 4.52. The van der Waals surface area contributed by atoms with Gasteiger partial charge in [0.05, 0.1) is 0 Å². The first kappa shape index (κ1) is 17.0. The van der Waals surface area contributed by atoms with E-state index in [1.165, 1.54) is 16.9 Å². The van der Waals surface area contributed by atoms with Crippen LogP contribution >= 0.6 is 23.6 Å². The Bertz CT molecular complexity index is 1000. The molecule has 0 saturated heterocycles. The van der Waals surface area contributed by atoms with E-state index in [1.807, 2.05) is 34.9 Å². The number of nitrogens with zero attached hydrogens (tertiary/aromatic N) is 1. The molecular weight excluding hydrogens is 362 g/mol. The van der Waals surface area contributed by atoms with Crippen LogP contribution in [0.3, 0.4) is 0 Å². The van der Waals surface area contributed by atoms with Gasteiger partial charge < -0.3 is 10.6 Å². The molecule has 1 atom stereocenters. The molecule has 1 aromatic heterocycles. The van der Waals surface area contributed by atoms with Gasteiger partial charge >= 0.3 is 0 Å². The van der Waals surface area contributed by atoms with Crippen molar-refractivity contribution >= 4 is 35.3 Å². The lowest BCUT2D eigenvalue weighted by molar-refractivity contribution is 0.0939. The standard InChI is InChI=1S/C20H19N3OS2/c1-12(2)13-8-10-14(11-9-13)17-21-18-16(19(24)22-17)26-20(25)23(18)15-6-4-3-5-7-15/h3-12,17,21H,1-2H3,(H,22,24)/t17-/m1/s1. The fourth-order valence-corrected chi connectivity index (χ4v) is 4.39. The Morgan fingerprint density at radius 3 is 2.38 bits per heavy atom. The van der Waals surface area contributed by atoms with Crippen LogP contribution in [0.5, 0.6) is 0 Å². The number of carbonyl (C=O) groups excluding carboxylic acids is 1. The van der Waals surface area contributed by atoms with Crippen molar-refractivity contribution in [3.8, 4) is 5.69 Å². The second-order valence-electron chi connectivity index (χ2n) is 6.59. The number of benzene rings is 2. The van der Waals surface area contributed by atoms with Crippen molar-refractivity contribution < 1.29 is 4.79 Å². The lowest BCUT2D eigenvalue weighted by Crippen LogP contribution is -2.38. The first-order valence-electron chi connectivity index (χ1n) is 8.53. The number of carbonyl (C=O) groups is 1. The van der Waals surface area contributed by atoms with Crippen molar-refractivity contribution in [3.05, 3.63) is 74.6 Å². The van der Waals surface area contributed by atoms with Crippen molar-refractivity contribution in [1.29, 1.82) is 0 Å². The molecule has 26 heavy (non-hydrogen) atoms. The van der Waals surface area contributed by atoms with E-state index >= 15 is 0 Å². The minimum absolute atomic E-state index is 0.0949. The fourth-order valence-electron chi connectivity index (χ4n) is 3.08. The Labute approximate surface area is 161 Å². The van der Waals surface area contributed by atoms with E-state index in [4.69, 9.17) is 12.2 Å². The molecule has 2 N–H and O–H groups in total. The second-order valence-corrected chi connectivity index (χ2v) is 8.23. The zero-order chi connectivity index (χ0) is 18.3. The minimum atomic E-state index is -0.282. The maximum atomic E-state index is 12.6. The number of hydrogen-bond donors (Lipinski definition) is 2.